The van der Waals surface area contributed by atoms with E-state index in [9.17, 15) is 4.79 Å². The van der Waals surface area contributed by atoms with Crippen LogP contribution in [0.3, 0.4) is 0 Å². The van der Waals surface area contributed by atoms with Gasteiger partial charge in [-0.3, -0.25) is 4.79 Å². The fraction of sp³-hybridized carbons (Fsp3) is 0.500. The Morgan fingerprint density at radius 1 is 1.41 bits per heavy atom. The minimum atomic E-state index is -0.271. The first-order chi connectivity index (χ1) is 7.90. The Morgan fingerprint density at radius 3 is 2.59 bits per heavy atom. The van der Waals surface area contributed by atoms with Gasteiger partial charge in [0.15, 0.2) is 0 Å². The number of benzene rings is 1. The normalized spacial score (nSPS) is 11.4. The number of carbonyl (C=O) groups excluding carboxylic acids is 1. The van der Waals surface area contributed by atoms with Gasteiger partial charge in [-0.25, -0.2) is 0 Å². The molecule has 0 radical (unpaired) electrons. The Bertz CT molecular complexity index is 411. The molecule has 0 aliphatic carbocycles. The van der Waals surface area contributed by atoms with Crippen LogP contribution in [0.4, 0.5) is 0 Å². The molecule has 0 heterocycles. The maximum absolute atomic E-state index is 12.2. The van der Waals surface area contributed by atoms with E-state index in [4.69, 9.17) is 4.74 Å². The molecule has 0 N–H and O–H groups in total. The number of rotatable bonds is 5. The molecule has 0 bridgehead atoms. The van der Waals surface area contributed by atoms with Crippen LogP contribution >= 0.6 is 15.9 Å². The van der Waals surface area contributed by atoms with Crippen molar-refractivity contribution in [3.63, 3.8) is 0 Å². The van der Waals surface area contributed by atoms with Crippen LogP contribution in [0.2, 0.25) is 0 Å². The molecule has 3 heteroatoms. The fourth-order valence-electron chi connectivity index (χ4n) is 1.49. The summed E-state index contributed by atoms with van der Waals surface area (Å²) in [5, 5.41) is 0. The van der Waals surface area contributed by atoms with Crippen molar-refractivity contribution in [3.05, 3.63) is 28.2 Å². The third kappa shape index (κ3) is 3.56. The van der Waals surface area contributed by atoms with Gasteiger partial charge in [0, 0.05) is 21.9 Å². The van der Waals surface area contributed by atoms with E-state index in [1.807, 2.05) is 39.0 Å². The minimum Gasteiger partial charge on any atom is -0.496 e. The van der Waals surface area contributed by atoms with E-state index >= 15 is 0 Å². The first-order valence-electron chi connectivity index (χ1n) is 5.76. The fourth-order valence-corrected chi connectivity index (χ4v) is 1.90. The summed E-state index contributed by atoms with van der Waals surface area (Å²) < 4.78 is 6.24. The summed E-state index contributed by atoms with van der Waals surface area (Å²) in [6, 6.07) is 5.74. The Labute approximate surface area is 111 Å². The monoisotopic (exact) mass is 298 g/mol. The van der Waals surface area contributed by atoms with Gasteiger partial charge in [0.2, 0.25) is 0 Å². The van der Waals surface area contributed by atoms with E-state index in [1.165, 1.54) is 0 Å². The lowest BCUT2D eigenvalue weighted by molar-refractivity contribution is -0.126. The number of hydrogen-bond donors (Lipinski definition) is 0. The van der Waals surface area contributed by atoms with E-state index in [0.29, 0.717) is 6.42 Å². The zero-order chi connectivity index (χ0) is 13.1. The molecule has 0 unspecified atom stereocenters. The third-order valence-corrected chi connectivity index (χ3v) is 3.73. The third-order valence-electron chi connectivity index (χ3n) is 3.23. The number of hydrogen-bond acceptors (Lipinski definition) is 2. The molecule has 1 aromatic rings. The van der Waals surface area contributed by atoms with Gasteiger partial charge in [-0.05, 0) is 24.6 Å². The molecule has 0 aromatic heterocycles. The molecule has 0 saturated heterocycles. The lowest BCUT2D eigenvalue weighted by Crippen LogP contribution is -2.25. The number of ketones is 1. The number of methoxy groups -OCH3 is 1. The van der Waals surface area contributed by atoms with Crippen LogP contribution in [0.25, 0.3) is 0 Å². The summed E-state index contributed by atoms with van der Waals surface area (Å²) in [6.07, 6.45) is 1.27. The number of carbonyl (C=O) groups is 1. The van der Waals surface area contributed by atoms with Crippen molar-refractivity contribution in [2.75, 3.05) is 7.11 Å². The van der Waals surface area contributed by atoms with Gasteiger partial charge < -0.3 is 4.74 Å². The smallest absolute Gasteiger partial charge is 0.142 e. The highest BCUT2D eigenvalue weighted by Gasteiger charge is 2.25. The largest absolute Gasteiger partial charge is 0.496 e. The lowest BCUT2D eigenvalue weighted by atomic mass is 9.82. The van der Waals surface area contributed by atoms with E-state index < -0.39 is 0 Å². The number of Topliss-reactive ketones (excluding diaryl/α,β-unsaturated/α-hetero) is 1. The first-order valence-corrected chi connectivity index (χ1v) is 6.55. The predicted octanol–water partition coefficient (Wildman–Crippen LogP) is 4.01. The molecule has 0 aliphatic rings. The summed E-state index contributed by atoms with van der Waals surface area (Å²) in [5.74, 6) is 1.02. The Balaban J connectivity index is 2.95. The van der Waals surface area contributed by atoms with Crippen molar-refractivity contribution in [2.24, 2.45) is 5.41 Å². The molecular weight excluding hydrogens is 280 g/mol. The van der Waals surface area contributed by atoms with Crippen LogP contribution < -0.4 is 4.74 Å². The highest BCUT2D eigenvalue weighted by Crippen LogP contribution is 2.28. The second kappa shape index (κ2) is 5.67. The summed E-state index contributed by atoms with van der Waals surface area (Å²) >= 11 is 3.42. The Hall–Kier alpha value is -0.830. The molecule has 17 heavy (non-hydrogen) atoms. The molecule has 2 nitrogen and oxygen atoms in total. The maximum Gasteiger partial charge on any atom is 0.142 e. The van der Waals surface area contributed by atoms with Gasteiger partial charge in [-0.1, -0.05) is 36.7 Å². The summed E-state index contributed by atoms with van der Waals surface area (Å²) in [6.45, 7) is 6.01. The van der Waals surface area contributed by atoms with Crippen molar-refractivity contribution < 1.29 is 9.53 Å². The van der Waals surface area contributed by atoms with Crippen LogP contribution in [-0.2, 0) is 11.2 Å². The highest BCUT2D eigenvalue weighted by atomic mass is 79.9. The highest BCUT2D eigenvalue weighted by molar-refractivity contribution is 9.10. The van der Waals surface area contributed by atoms with Crippen LogP contribution in [0, 0.1) is 5.41 Å². The van der Waals surface area contributed by atoms with Crippen LogP contribution in [-0.4, -0.2) is 12.9 Å². The zero-order valence-electron chi connectivity index (χ0n) is 10.8. The molecule has 94 valence electrons. The number of halogens is 1. The summed E-state index contributed by atoms with van der Waals surface area (Å²) in [5.41, 5.74) is 0.668. The van der Waals surface area contributed by atoms with E-state index in [2.05, 4.69) is 15.9 Å². The second-order valence-corrected chi connectivity index (χ2v) is 5.71. The van der Waals surface area contributed by atoms with Gasteiger partial charge in [0.1, 0.15) is 11.5 Å². The van der Waals surface area contributed by atoms with Crippen molar-refractivity contribution in [1.82, 2.24) is 0 Å². The molecule has 0 atom stereocenters. The molecule has 0 spiro atoms. The van der Waals surface area contributed by atoms with Gasteiger partial charge in [0.05, 0.1) is 7.11 Å². The van der Waals surface area contributed by atoms with Gasteiger partial charge in [-0.2, -0.15) is 0 Å². The van der Waals surface area contributed by atoms with Crippen molar-refractivity contribution in [3.8, 4) is 5.75 Å². The van der Waals surface area contributed by atoms with Crippen LogP contribution in [0.5, 0.6) is 5.75 Å². The predicted molar refractivity (Wildman–Crippen MR) is 73.5 cm³/mol. The molecule has 0 amide bonds. The van der Waals surface area contributed by atoms with E-state index in [-0.39, 0.29) is 11.2 Å². The average molecular weight is 299 g/mol. The zero-order valence-corrected chi connectivity index (χ0v) is 12.4. The van der Waals surface area contributed by atoms with Gasteiger partial charge in [0.25, 0.3) is 0 Å². The average Bonchev–Trinajstić information content (AvgIpc) is 2.29. The second-order valence-electron chi connectivity index (χ2n) is 4.79. The SMILES string of the molecule is CCC(C)(C)C(=O)Cc1cc(Br)ccc1OC. The topological polar surface area (TPSA) is 26.3 Å². The van der Waals surface area contributed by atoms with E-state index in [1.54, 1.807) is 7.11 Å². The van der Waals surface area contributed by atoms with Crippen molar-refractivity contribution >= 4 is 21.7 Å². The molecule has 1 rings (SSSR count). The molecule has 1 aromatic carbocycles. The first kappa shape index (κ1) is 14.2. The lowest BCUT2D eigenvalue weighted by Gasteiger charge is -2.21. The van der Waals surface area contributed by atoms with Crippen molar-refractivity contribution in [1.29, 1.82) is 0 Å². The van der Waals surface area contributed by atoms with Crippen molar-refractivity contribution in [2.45, 2.75) is 33.6 Å². The quantitative estimate of drug-likeness (QED) is 0.821. The molecule has 0 aliphatic heterocycles. The van der Waals surface area contributed by atoms with Gasteiger partial charge in [-0.15, -0.1) is 0 Å². The summed E-state index contributed by atoms with van der Waals surface area (Å²) in [4.78, 5) is 12.2. The van der Waals surface area contributed by atoms with Crippen LogP contribution in [0.15, 0.2) is 22.7 Å². The number of ether oxygens (including phenoxy) is 1. The minimum absolute atomic E-state index is 0.247. The van der Waals surface area contributed by atoms with Crippen LogP contribution in [0.1, 0.15) is 32.8 Å². The van der Waals surface area contributed by atoms with Gasteiger partial charge >= 0.3 is 0 Å². The maximum atomic E-state index is 12.2. The Morgan fingerprint density at radius 2 is 2.06 bits per heavy atom. The summed E-state index contributed by atoms with van der Waals surface area (Å²) in [7, 11) is 1.63. The molecule has 0 saturated carbocycles. The van der Waals surface area contributed by atoms with E-state index in [0.717, 1.165) is 22.2 Å². The standard InChI is InChI=1S/C14H19BrO2/c1-5-14(2,3)13(16)9-10-8-11(15)6-7-12(10)17-4/h6-8H,5,9H2,1-4H3. The molecular formula is C14H19BrO2. The molecule has 0 fully saturated rings. The Kier molecular flexibility index (Phi) is 4.75.